The van der Waals surface area contributed by atoms with Crippen molar-refractivity contribution in [3.8, 4) is 0 Å². The molecule has 2 fully saturated rings. The third kappa shape index (κ3) is 4.56. The first-order valence-corrected chi connectivity index (χ1v) is 9.48. The number of hydrogen-bond acceptors (Lipinski definition) is 2. The van der Waals surface area contributed by atoms with E-state index in [-0.39, 0.29) is 5.41 Å². The summed E-state index contributed by atoms with van der Waals surface area (Å²) >= 11 is 0. The molecule has 0 unspecified atom stereocenters. The number of piperidine rings is 1. The van der Waals surface area contributed by atoms with Crippen LogP contribution in [-0.4, -0.2) is 49.6 Å². The maximum Gasteiger partial charge on any atom is 0.416 e. The quantitative estimate of drug-likeness (QED) is 0.766. The Kier molecular flexibility index (Phi) is 5.74. The fourth-order valence-corrected chi connectivity index (χ4v) is 4.40. The van der Waals surface area contributed by atoms with Crippen molar-refractivity contribution in [2.24, 2.45) is 0 Å². The summed E-state index contributed by atoms with van der Waals surface area (Å²) in [7, 11) is 2.10. The van der Waals surface area contributed by atoms with E-state index in [0.717, 1.165) is 50.9 Å². The van der Waals surface area contributed by atoms with Crippen LogP contribution in [0.25, 0.3) is 0 Å². The van der Waals surface area contributed by atoms with Crippen molar-refractivity contribution in [2.75, 3.05) is 39.8 Å². The summed E-state index contributed by atoms with van der Waals surface area (Å²) in [6, 6.07) is 6.09. The Balaban J connectivity index is 1.76. The summed E-state index contributed by atoms with van der Waals surface area (Å²) in [5.74, 6) is 0. The van der Waals surface area contributed by atoms with Crippen LogP contribution < -0.4 is 0 Å². The topological polar surface area (TPSA) is 6.48 Å². The Morgan fingerprint density at radius 1 is 1.04 bits per heavy atom. The van der Waals surface area contributed by atoms with E-state index in [9.17, 15) is 13.2 Å². The lowest BCUT2D eigenvalue weighted by Crippen LogP contribution is -2.41. The molecule has 2 aliphatic rings. The number of nitrogens with zero attached hydrogens (tertiary/aromatic N) is 2. The van der Waals surface area contributed by atoms with Gasteiger partial charge in [-0.1, -0.05) is 18.2 Å². The first-order valence-electron chi connectivity index (χ1n) is 9.48. The van der Waals surface area contributed by atoms with Crippen LogP contribution in [0.5, 0.6) is 0 Å². The van der Waals surface area contributed by atoms with E-state index in [1.165, 1.54) is 38.1 Å². The SMILES string of the molecule is CN1CCC(CCCN2CCCC2)(c2cccc(C(F)(F)F)c2)CC1. The predicted molar refractivity (Wildman–Crippen MR) is 94.8 cm³/mol. The fourth-order valence-electron chi connectivity index (χ4n) is 4.40. The highest BCUT2D eigenvalue weighted by molar-refractivity contribution is 5.32. The normalized spacial score (nSPS) is 22.4. The molecule has 1 aromatic carbocycles. The van der Waals surface area contributed by atoms with Gasteiger partial charge in [0.1, 0.15) is 0 Å². The third-order valence-electron chi connectivity index (χ3n) is 6.07. The molecular formula is C20H29F3N2. The van der Waals surface area contributed by atoms with Gasteiger partial charge in [-0.2, -0.15) is 13.2 Å². The van der Waals surface area contributed by atoms with Gasteiger partial charge in [0.2, 0.25) is 0 Å². The first-order chi connectivity index (χ1) is 11.9. The minimum absolute atomic E-state index is 0.104. The van der Waals surface area contributed by atoms with E-state index in [1.54, 1.807) is 6.07 Å². The maximum atomic E-state index is 13.2. The van der Waals surface area contributed by atoms with Crippen molar-refractivity contribution >= 4 is 0 Å². The Labute approximate surface area is 149 Å². The van der Waals surface area contributed by atoms with E-state index < -0.39 is 11.7 Å². The molecule has 0 bridgehead atoms. The summed E-state index contributed by atoms with van der Waals surface area (Å²) < 4.78 is 39.5. The lowest BCUT2D eigenvalue weighted by atomic mass is 9.69. The van der Waals surface area contributed by atoms with Crippen LogP contribution in [0.2, 0.25) is 0 Å². The summed E-state index contributed by atoms with van der Waals surface area (Å²) in [5.41, 5.74) is 0.271. The van der Waals surface area contributed by atoms with Crippen LogP contribution in [0, 0.1) is 0 Å². The molecule has 2 saturated heterocycles. The minimum Gasteiger partial charge on any atom is -0.306 e. The van der Waals surface area contributed by atoms with Crippen molar-refractivity contribution in [1.82, 2.24) is 9.80 Å². The second-order valence-electron chi connectivity index (χ2n) is 7.81. The van der Waals surface area contributed by atoms with Gasteiger partial charge in [0.15, 0.2) is 0 Å². The smallest absolute Gasteiger partial charge is 0.306 e. The number of benzene rings is 1. The highest BCUT2D eigenvalue weighted by Crippen LogP contribution is 2.41. The van der Waals surface area contributed by atoms with E-state index in [1.807, 2.05) is 6.07 Å². The van der Waals surface area contributed by atoms with Crippen LogP contribution in [0.3, 0.4) is 0 Å². The van der Waals surface area contributed by atoms with Crippen LogP contribution in [0.15, 0.2) is 24.3 Å². The van der Waals surface area contributed by atoms with Gasteiger partial charge in [0, 0.05) is 0 Å². The number of halogens is 3. The zero-order valence-electron chi connectivity index (χ0n) is 15.1. The Morgan fingerprint density at radius 2 is 1.72 bits per heavy atom. The molecule has 0 N–H and O–H groups in total. The van der Waals surface area contributed by atoms with Crippen LogP contribution in [0.4, 0.5) is 13.2 Å². The first kappa shape index (κ1) is 18.7. The number of rotatable bonds is 5. The van der Waals surface area contributed by atoms with Gasteiger partial charge in [0.05, 0.1) is 5.56 Å². The van der Waals surface area contributed by atoms with Crippen molar-refractivity contribution in [3.63, 3.8) is 0 Å². The number of likely N-dealkylation sites (tertiary alicyclic amines) is 2. The van der Waals surface area contributed by atoms with Crippen LogP contribution >= 0.6 is 0 Å². The van der Waals surface area contributed by atoms with Crippen LogP contribution in [-0.2, 0) is 11.6 Å². The summed E-state index contributed by atoms with van der Waals surface area (Å²) in [4.78, 5) is 4.78. The molecule has 1 aromatic rings. The molecule has 3 rings (SSSR count). The average Bonchev–Trinajstić information content (AvgIpc) is 3.10. The molecule has 0 aliphatic carbocycles. The standard InChI is InChI=1S/C20H29F3N2/c1-24-14-9-19(10-15-24,8-5-13-25-11-2-3-12-25)17-6-4-7-18(16-17)20(21,22)23/h4,6-7,16H,2-3,5,8-15H2,1H3. The van der Waals surface area contributed by atoms with Gasteiger partial charge in [-0.25, -0.2) is 0 Å². The van der Waals surface area contributed by atoms with E-state index in [0.29, 0.717) is 0 Å². The van der Waals surface area contributed by atoms with Crippen molar-refractivity contribution in [2.45, 2.75) is 50.1 Å². The number of alkyl halides is 3. The molecular weight excluding hydrogens is 325 g/mol. The number of hydrogen-bond donors (Lipinski definition) is 0. The third-order valence-corrected chi connectivity index (χ3v) is 6.07. The van der Waals surface area contributed by atoms with E-state index in [4.69, 9.17) is 0 Å². The van der Waals surface area contributed by atoms with Gasteiger partial charge < -0.3 is 9.80 Å². The molecule has 5 heteroatoms. The molecule has 0 amide bonds. The molecule has 0 spiro atoms. The second-order valence-corrected chi connectivity index (χ2v) is 7.81. The van der Waals surface area contributed by atoms with Gasteiger partial charge in [-0.05, 0) is 95.3 Å². The molecule has 0 saturated carbocycles. The van der Waals surface area contributed by atoms with Gasteiger partial charge in [-0.3, -0.25) is 0 Å². The van der Waals surface area contributed by atoms with Crippen molar-refractivity contribution < 1.29 is 13.2 Å². The zero-order chi connectivity index (χ0) is 17.9. The molecule has 0 aromatic heterocycles. The largest absolute Gasteiger partial charge is 0.416 e. The van der Waals surface area contributed by atoms with E-state index >= 15 is 0 Å². The fraction of sp³-hybridized carbons (Fsp3) is 0.700. The van der Waals surface area contributed by atoms with Crippen molar-refractivity contribution in [3.05, 3.63) is 35.4 Å². The summed E-state index contributed by atoms with van der Waals surface area (Å²) in [6.07, 6.45) is 2.25. The summed E-state index contributed by atoms with van der Waals surface area (Å²) in [5, 5.41) is 0. The molecule has 140 valence electrons. The molecule has 0 atom stereocenters. The van der Waals surface area contributed by atoms with Gasteiger partial charge in [0.25, 0.3) is 0 Å². The average molecular weight is 354 g/mol. The van der Waals surface area contributed by atoms with Crippen molar-refractivity contribution in [1.29, 1.82) is 0 Å². The lowest BCUT2D eigenvalue weighted by Gasteiger charge is -2.42. The van der Waals surface area contributed by atoms with E-state index in [2.05, 4.69) is 16.8 Å². The van der Waals surface area contributed by atoms with Gasteiger partial charge in [-0.15, -0.1) is 0 Å². The Hall–Kier alpha value is -1.07. The zero-order valence-corrected chi connectivity index (χ0v) is 15.1. The molecule has 2 nitrogen and oxygen atoms in total. The Morgan fingerprint density at radius 3 is 2.36 bits per heavy atom. The summed E-state index contributed by atoms with van der Waals surface area (Å²) in [6.45, 7) is 5.36. The monoisotopic (exact) mass is 354 g/mol. The highest BCUT2D eigenvalue weighted by atomic mass is 19.4. The molecule has 0 radical (unpaired) electrons. The predicted octanol–water partition coefficient (Wildman–Crippen LogP) is 4.54. The Bertz CT molecular complexity index is 556. The second kappa shape index (κ2) is 7.67. The maximum absolute atomic E-state index is 13.2. The molecule has 25 heavy (non-hydrogen) atoms. The molecule has 2 heterocycles. The highest BCUT2D eigenvalue weighted by Gasteiger charge is 2.37. The molecule has 2 aliphatic heterocycles. The van der Waals surface area contributed by atoms with Crippen LogP contribution in [0.1, 0.15) is 49.7 Å². The lowest BCUT2D eigenvalue weighted by molar-refractivity contribution is -0.137. The minimum atomic E-state index is -4.27. The van der Waals surface area contributed by atoms with Gasteiger partial charge >= 0.3 is 6.18 Å².